The summed E-state index contributed by atoms with van der Waals surface area (Å²) in [5, 5.41) is 5.26. The van der Waals surface area contributed by atoms with Crippen LogP contribution in [-0.2, 0) is 4.79 Å². The molecule has 110 valence electrons. The molecular formula is C14H19FN2O3. The molecule has 0 aliphatic heterocycles. The molecule has 0 unspecified atom stereocenters. The molecule has 0 bridgehead atoms. The van der Waals surface area contributed by atoms with E-state index in [-0.39, 0.29) is 23.9 Å². The third-order valence-corrected chi connectivity index (χ3v) is 2.64. The molecule has 1 aromatic rings. The second-order valence-corrected chi connectivity index (χ2v) is 4.55. The first kappa shape index (κ1) is 15.9. The normalized spacial score (nSPS) is 10.2. The van der Waals surface area contributed by atoms with Gasteiger partial charge in [-0.25, -0.2) is 4.39 Å². The maximum Gasteiger partial charge on any atom is 0.255 e. The predicted molar refractivity (Wildman–Crippen MR) is 73.1 cm³/mol. The zero-order valence-corrected chi connectivity index (χ0v) is 11.8. The van der Waals surface area contributed by atoms with Crippen LogP contribution in [0.5, 0.6) is 5.75 Å². The van der Waals surface area contributed by atoms with Gasteiger partial charge in [-0.3, -0.25) is 9.59 Å². The van der Waals surface area contributed by atoms with Gasteiger partial charge in [0.1, 0.15) is 11.6 Å². The van der Waals surface area contributed by atoms with E-state index in [2.05, 4.69) is 10.6 Å². The molecule has 5 nitrogen and oxygen atoms in total. The summed E-state index contributed by atoms with van der Waals surface area (Å²) in [5.74, 6) is -0.837. The Labute approximate surface area is 117 Å². The SMILES string of the molecule is COc1ccc(F)cc1C(=O)NCCNC(=O)C(C)C. The molecule has 0 atom stereocenters. The van der Waals surface area contributed by atoms with Gasteiger partial charge < -0.3 is 15.4 Å². The van der Waals surface area contributed by atoms with Gasteiger partial charge in [0.25, 0.3) is 5.91 Å². The van der Waals surface area contributed by atoms with Crippen LogP contribution in [0.25, 0.3) is 0 Å². The lowest BCUT2D eigenvalue weighted by Crippen LogP contribution is -2.36. The van der Waals surface area contributed by atoms with E-state index in [9.17, 15) is 14.0 Å². The lowest BCUT2D eigenvalue weighted by Gasteiger charge is -2.10. The molecule has 0 fully saturated rings. The summed E-state index contributed by atoms with van der Waals surface area (Å²) < 4.78 is 18.1. The van der Waals surface area contributed by atoms with E-state index in [4.69, 9.17) is 4.74 Å². The van der Waals surface area contributed by atoms with Gasteiger partial charge in [0.15, 0.2) is 0 Å². The van der Waals surface area contributed by atoms with Crippen molar-refractivity contribution in [2.45, 2.75) is 13.8 Å². The summed E-state index contributed by atoms with van der Waals surface area (Å²) in [6.45, 7) is 4.15. The Kier molecular flexibility index (Phi) is 5.96. The highest BCUT2D eigenvalue weighted by molar-refractivity contribution is 5.96. The fraction of sp³-hybridized carbons (Fsp3) is 0.429. The van der Waals surface area contributed by atoms with Crippen LogP contribution in [0.3, 0.4) is 0 Å². The third-order valence-electron chi connectivity index (χ3n) is 2.64. The van der Waals surface area contributed by atoms with Gasteiger partial charge in [0.05, 0.1) is 12.7 Å². The summed E-state index contributed by atoms with van der Waals surface area (Å²) in [4.78, 5) is 23.2. The number of rotatable bonds is 6. The number of carbonyl (C=O) groups excluding carboxylic acids is 2. The highest BCUT2D eigenvalue weighted by Gasteiger charge is 2.13. The third kappa shape index (κ3) is 4.53. The largest absolute Gasteiger partial charge is 0.496 e. The topological polar surface area (TPSA) is 67.4 Å². The zero-order valence-electron chi connectivity index (χ0n) is 11.8. The van der Waals surface area contributed by atoms with Crippen LogP contribution < -0.4 is 15.4 Å². The summed E-state index contributed by atoms with van der Waals surface area (Å²) in [6, 6.07) is 3.73. The number of amides is 2. The molecule has 20 heavy (non-hydrogen) atoms. The minimum atomic E-state index is -0.510. The first-order valence-electron chi connectivity index (χ1n) is 6.35. The Bertz CT molecular complexity index is 489. The Balaban J connectivity index is 2.51. The first-order chi connectivity index (χ1) is 9.45. The summed E-state index contributed by atoms with van der Waals surface area (Å²) in [5.41, 5.74) is 0.127. The molecule has 0 aliphatic rings. The molecular weight excluding hydrogens is 263 g/mol. The molecule has 0 aromatic heterocycles. The number of methoxy groups -OCH3 is 1. The van der Waals surface area contributed by atoms with Crippen LogP contribution in [-0.4, -0.2) is 32.0 Å². The number of hydrogen-bond acceptors (Lipinski definition) is 3. The maximum absolute atomic E-state index is 13.1. The van der Waals surface area contributed by atoms with Crippen LogP contribution in [0.15, 0.2) is 18.2 Å². The van der Waals surface area contributed by atoms with Crippen molar-refractivity contribution >= 4 is 11.8 Å². The van der Waals surface area contributed by atoms with Gasteiger partial charge in [-0.05, 0) is 18.2 Å². The van der Waals surface area contributed by atoms with Crippen LogP contribution in [0.2, 0.25) is 0 Å². The predicted octanol–water partition coefficient (Wildman–Crippen LogP) is 1.34. The minimum Gasteiger partial charge on any atom is -0.496 e. The fourth-order valence-electron chi connectivity index (χ4n) is 1.52. The minimum absolute atomic E-state index is 0.0809. The van der Waals surface area contributed by atoms with Crippen molar-refractivity contribution < 1.29 is 18.7 Å². The molecule has 1 aromatic carbocycles. The van der Waals surface area contributed by atoms with Crippen molar-refractivity contribution in [3.05, 3.63) is 29.6 Å². The van der Waals surface area contributed by atoms with E-state index in [1.54, 1.807) is 13.8 Å². The van der Waals surface area contributed by atoms with Crippen molar-refractivity contribution in [3.8, 4) is 5.75 Å². The first-order valence-corrected chi connectivity index (χ1v) is 6.35. The van der Waals surface area contributed by atoms with E-state index in [1.807, 2.05) is 0 Å². The lowest BCUT2D eigenvalue weighted by molar-refractivity contribution is -0.123. The number of nitrogens with one attached hydrogen (secondary N) is 2. The number of benzene rings is 1. The van der Waals surface area contributed by atoms with Gasteiger partial charge >= 0.3 is 0 Å². The Morgan fingerprint density at radius 2 is 1.90 bits per heavy atom. The van der Waals surface area contributed by atoms with Gasteiger partial charge in [-0.15, -0.1) is 0 Å². The second kappa shape index (κ2) is 7.47. The summed E-state index contributed by atoms with van der Waals surface area (Å²) >= 11 is 0. The molecule has 0 radical (unpaired) electrons. The Morgan fingerprint density at radius 3 is 2.50 bits per heavy atom. The molecule has 0 saturated heterocycles. The Morgan fingerprint density at radius 1 is 1.25 bits per heavy atom. The van der Waals surface area contributed by atoms with Crippen molar-refractivity contribution in [2.24, 2.45) is 5.92 Å². The highest BCUT2D eigenvalue weighted by atomic mass is 19.1. The molecule has 1 rings (SSSR count). The quantitative estimate of drug-likeness (QED) is 0.774. The van der Waals surface area contributed by atoms with Gasteiger partial charge in [0.2, 0.25) is 5.91 Å². The zero-order chi connectivity index (χ0) is 15.1. The number of halogens is 1. The van der Waals surface area contributed by atoms with Gasteiger partial charge in [-0.2, -0.15) is 0 Å². The average Bonchev–Trinajstić information content (AvgIpc) is 2.42. The molecule has 0 heterocycles. The molecule has 2 amide bonds. The van der Waals surface area contributed by atoms with E-state index >= 15 is 0 Å². The second-order valence-electron chi connectivity index (χ2n) is 4.55. The van der Waals surface area contributed by atoms with E-state index < -0.39 is 11.7 Å². The summed E-state index contributed by atoms with van der Waals surface area (Å²) in [7, 11) is 1.41. The summed E-state index contributed by atoms with van der Waals surface area (Å²) in [6.07, 6.45) is 0. The standard InChI is InChI=1S/C14H19FN2O3/c1-9(2)13(18)16-6-7-17-14(19)11-8-10(15)4-5-12(11)20-3/h4-5,8-9H,6-7H2,1-3H3,(H,16,18)(H,17,19). The van der Waals surface area contributed by atoms with Crippen LogP contribution in [0.1, 0.15) is 24.2 Å². The van der Waals surface area contributed by atoms with Crippen LogP contribution in [0.4, 0.5) is 4.39 Å². The molecule has 6 heteroatoms. The van der Waals surface area contributed by atoms with Crippen molar-refractivity contribution in [1.29, 1.82) is 0 Å². The smallest absolute Gasteiger partial charge is 0.255 e. The lowest BCUT2D eigenvalue weighted by atomic mass is 10.2. The van der Waals surface area contributed by atoms with Gasteiger partial charge in [0, 0.05) is 19.0 Å². The molecule has 0 saturated carbocycles. The van der Waals surface area contributed by atoms with Crippen molar-refractivity contribution in [1.82, 2.24) is 10.6 Å². The van der Waals surface area contributed by atoms with Crippen molar-refractivity contribution in [3.63, 3.8) is 0 Å². The number of carbonyl (C=O) groups is 2. The van der Waals surface area contributed by atoms with E-state index in [1.165, 1.54) is 19.2 Å². The average molecular weight is 282 g/mol. The van der Waals surface area contributed by atoms with Crippen molar-refractivity contribution in [2.75, 3.05) is 20.2 Å². The van der Waals surface area contributed by atoms with E-state index in [0.29, 0.717) is 12.3 Å². The Hall–Kier alpha value is -2.11. The highest BCUT2D eigenvalue weighted by Crippen LogP contribution is 2.18. The number of ether oxygens (including phenoxy) is 1. The van der Waals surface area contributed by atoms with Crippen LogP contribution >= 0.6 is 0 Å². The monoisotopic (exact) mass is 282 g/mol. The van der Waals surface area contributed by atoms with E-state index in [0.717, 1.165) is 6.07 Å². The molecule has 2 N–H and O–H groups in total. The number of hydrogen-bond donors (Lipinski definition) is 2. The van der Waals surface area contributed by atoms with Gasteiger partial charge in [-0.1, -0.05) is 13.8 Å². The fourth-order valence-corrected chi connectivity index (χ4v) is 1.52. The maximum atomic E-state index is 13.1. The molecule has 0 spiro atoms. The molecule has 0 aliphatic carbocycles. The van der Waals surface area contributed by atoms with Crippen LogP contribution in [0, 0.1) is 11.7 Å².